The molecule has 0 spiro atoms. The molecule has 1 atom stereocenters. The minimum Gasteiger partial charge on any atom is -0.469 e. The summed E-state index contributed by atoms with van der Waals surface area (Å²) in [5.41, 5.74) is 1.14. The maximum absolute atomic E-state index is 11.2. The molecule has 0 aromatic heterocycles. The second-order valence-electron chi connectivity index (χ2n) is 3.26. The fraction of sp³-hybridized carbons (Fsp3) is 0.364. The molecule has 0 aliphatic heterocycles. The van der Waals surface area contributed by atoms with Crippen LogP contribution in [0.1, 0.15) is 12.5 Å². The van der Waals surface area contributed by atoms with Gasteiger partial charge in [-0.25, -0.2) is 0 Å². The molecular weight excluding hydrogens is 244 g/mol. The standard InChI is InChI=1S/C11H13BrO2/c1-8(11(13)14-2)6-9-4-3-5-10(12)7-9/h3-5,7-8H,6H2,1-2H3/t8-/m0/s1. The summed E-state index contributed by atoms with van der Waals surface area (Å²) in [6.45, 7) is 1.87. The molecular formula is C11H13BrO2. The Morgan fingerprint density at radius 2 is 2.29 bits per heavy atom. The average Bonchev–Trinajstić information content (AvgIpc) is 2.16. The van der Waals surface area contributed by atoms with Crippen molar-refractivity contribution in [2.75, 3.05) is 7.11 Å². The number of hydrogen-bond donors (Lipinski definition) is 0. The topological polar surface area (TPSA) is 26.3 Å². The highest BCUT2D eigenvalue weighted by atomic mass is 79.9. The molecule has 0 N–H and O–H groups in total. The highest BCUT2D eigenvalue weighted by Crippen LogP contribution is 2.15. The van der Waals surface area contributed by atoms with Gasteiger partial charge in [-0.15, -0.1) is 0 Å². The zero-order valence-corrected chi connectivity index (χ0v) is 9.87. The van der Waals surface area contributed by atoms with E-state index in [4.69, 9.17) is 0 Å². The van der Waals surface area contributed by atoms with E-state index in [2.05, 4.69) is 20.7 Å². The van der Waals surface area contributed by atoms with Crippen molar-refractivity contribution >= 4 is 21.9 Å². The number of methoxy groups -OCH3 is 1. The molecule has 14 heavy (non-hydrogen) atoms. The van der Waals surface area contributed by atoms with Crippen LogP contribution in [0.25, 0.3) is 0 Å². The molecule has 0 saturated heterocycles. The summed E-state index contributed by atoms with van der Waals surface area (Å²) in [6.07, 6.45) is 0.714. The maximum Gasteiger partial charge on any atom is 0.308 e. The van der Waals surface area contributed by atoms with E-state index in [1.165, 1.54) is 7.11 Å². The zero-order valence-electron chi connectivity index (χ0n) is 8.29. The largest absolute Gasteiger partial charge is 0.469 e. The Labute approximate surface area is 92.4 Å². The average molecular weight is 257 g/mol. The fourth-order valence-electron chi connectivity index (χ4n) is 1.30. The molecule has 3 heteroatoms. The van der Waals surface area contributed by atoms with Crippen molar-refractivity contribution < 1.29 is 9.53 Å². The van der Waals surface area contributed by atoms with E-state index in [-0.39, 0.29) is 11.9 Å². The molecule has 0 saturated carbocycles. The lowest BCUT2D eigenvalue weighted by atomic mass is 10.0. The molecule has 76 valence electrons. The predicted octanol–water partition coefficient (Wildman–Crippen LogP) is 2.80. The summed E-state index contributed by atoms with van der Waals surface area (Å²) in [5, 5.41) is 0. The Bertz CT molecular complexity index is 323. The Morgan fingerprint density at radius 3 is 2.86 bits per heavy atom. The van der Waals surface area contributed by atoms with Gasteiger partial charge in [0, 0.05) is 4.47 Å². The van der Waals surface area contributed by atoms with Gasteiger partial charge < -0.3 is 4.74 Å². The third-order valence-corrected chi connectivity index (χ3v) is 2.53. The van der Waals surface area contributed by atoms with Crippen molar-refractivity contribution in [1.82, 2.24) is 0 Å². The van der Waals surface area contributed by atoms with Crippen LogP contribution >= 0.6 is 15.9 Å². The van der Waals surface area contributed by atoms with Crippen LogP contribution in [0.5, 0.6) is 0 Å². The minimum absolute atomic E-state index is 0.0886. The Kier molecular flexibility index (Phi) is 4.14. The third-order valence-electron chi connectivity index (χ3n) is 2.03. The Hall–Kier alpha value is -0.830. The lowest BCUT2D eigenvalue weighted by molar-refractivity contribution is -0.144. The first-order chi connectivity index (χ1) is 6.63. The minimum atomic E-state index is -0.162. The number of rotatable bonds is 3. The molecule has 0 amide bonds. The number of ether oxygens (including phenoxy) is 1. The quantitative estimate of drug-likeness (QED) is 0.778. The molecule has 0 aliphatic carbocycles. The normalized spacial score (nSPS) is 12.2. The van der Waals surface area contributed by atoms with Crippen molar-refractivity contribution in [3.63, 3.8) is 0 Å². The highest BCUT2D eigenvalue weighted by Gasteiger charge is 2.13. The summed E-state index contributed by atoms with van der Waals surface area (Å²) in [5.74, 6) is -0.251. The Balaban J connectivity index is 2.64. The summed E-state index contributed by atoms with van der Waals surface area (Å²) >= 11 is 3.39. The van der Waals surface area contributed by atoms with Gasteiger partial charge in [-0.2, -0.15) is 0 Å². The molecule has 0 fully saturated rings. The first-order valence-electron chi connectivity index (χ1n) is 4.45. The monoisotopic (exact) mass is 256 g/mol. The second-order valence-corrected chi connectivity index (χ2v) is 4.17. The van der Waals surface area contributed by atoms with Gasteiger partial charge in [-0.3, -0.25) is 4.79 Å². The smallest absolute Gasteiger partial charge is 0.308 e. The lowest BCUT2D eigenvalue weighted by Crippen LogP contribution is -2.14. The predicted molar refractivity (Wildman–Crippen MR) is 59.0 cm³/mol. The van der Waals surface area contributed by atoms with Crippen LogP contribution in [0, 0.1) is 5.92 Å². The van der Waals surface area contributed by atoms with E-state index >= 15 is 0 Å². The SMILES string of the molecule is COC(=O)[C@@H](C)Cc1cccc(Br)c1. The fourth-order valence-corrected chi connectivity index (χ4v) is 1.75. The van der Waals surface area contributed by atoms with Gasteiger partial charge in [0.05, 0.1) is 13.0 Å². The van der Waals surface area contributed by atoms with E-state index < -0.39 is 0 Å². The second kappa shape index (κ2) is 5.15. The van der Waals surface area contributed by atoms with Gasteiger partial charge in [0.1, 0.15) is 0 Å². The van der Waals surface area contributed by atoms with Crippen molar-refractivity contribution in [2.24, 2.45) is 5.92 Å². The number of benzene rings is 1. The van der Waals surface area contributed by atoms with Crippen LogP contribution in [-0.4, -0.2) is 13.1 Å². The van der Waals surface area contributed by atoms with Crippen molar-refractivity contribution in [3.05, 3.63) is 34.3 Å². The van der Waals surface area contributed by atoms with Gasteiger partial charge in [0.25, 0.3) is 0 Å². The molecule has 0 unspecified atom stereocenters. The molecule has 1 rings (SSSR count). The molecule has 0 heterocycles. The molecule has 0 radical (unpaired) electrons. The number of esters is 1. The Morgan fingerprint density at radius 1 is 1.57 bits per heavy atom. The van der Waals surface area contributed by atoms with E-state index in [0.717, 1.165) is 10.0 Å². The number of hydrogen-bond acceptors (Lipinski definition) is 2. The van der Waals surface area contributed by atoms with Crippen molar-refractivity contribution in [1.29, 1.82) is 0 Å². The van der Waals surface area contributed by atoms with Crippen molar-refractivity contribution in [3.8, 4) is 0 Å². The zero-order chi connectivity index (χ0) is 10.6. The van der Waals surface area contributed by atoms with Crippen LogP contribution in [0.2, 0.25) is 0 Å². The molecule has 2 nitrogen and oxygen atoms in total. The summed E-state index contributed by atoms with van der Waals surface area (Å²) in [7, 11) is 1.42. The van der Waals surface area contributed by atoms with Crippen LogP contribution in [0.3, 0.4) is 0 Å². The number of halogens is 1. The number of carbonyl (C=O) groups is 1. The van der Waals surface area contributed by atoms with E-state index in [1.54, 1.807) is 0 Å². The maximum atomic E-state index is 11.2. The van der Waals surface area contributed by atoms with Gasteiger partial charge in [0.2, 0.25) is 0 Å². The lowest BCUT2D eigenvalue weighted by Gasteiger charge is -2.08. The molecule has 0 aliphatic rings. The van der Waals surface area contributed by atoms with Gasteiger partial charge in [-0.1, -0.05) is 35.0 Å². The summed E-state index contributed by atoms with van der Waals surface area (Å²) in [6, 6.07) is 7.94. The third kappa shape index (κ3) is 3.14. The number of carbonyl (C=O) groups excluding carboxylic acids is 1. The van der Waals surface area contributed by atoms with Crippen LogP contribution in [0.15, 0.2) is 28.7 Å². The molecule has 0 bridgehead atoms. The van der Waals surface area contributed by atoms with Gasteiger partial charge in [-0.05, 0) is 24.1 Å². The van der Waals surface area contributed by atoms with Crippen LogP contribution < -0.4 is 0 Å². The van der Waals surface area contributed by atoms with E-state index in [0.29, 0.717) is 6.42 Å². The summed E-state index contributed by atoms with van der Waals surface area (Å²) < 4.78 is 5.70. The first-order valence-corrected chi connectivity index (χ1v) is 5.25. The first kappa shape index (κ1) is 11.2. The van der Waals surface area contributed by atoms with Gasteiger partial charge in [0.15, 0.2) is 0 Å². The summed E-state index contributed by atoms with van der Waals surface area (Å²) in [4.78, 5) is 11.2. The van der Waals surface area contributed by atoms with E-state index in [9.17, 15) is 4.79 Å². The van der Waals surface area contributed by atoms with Gasteiger partial charge >= 0.3 is 5.97 Å². The van der Waals surface area contributed by atoms with Crippen LogP contribution in [-0.2, 0) is 16.0 Å². The van der Waals surface area contributed by atoms with Crippen molar-refractivity contribution in [2.45, 2.75) is 13.3 Å². The van der Waals surface area contributed by atoms with E-state index in [1.807, 2.05) is 31.2 Å². The highest BCUT2D eigenvalue weighted by molar-refractivity contribution is 9.10. The molecule has 1 aromatic rings. The van der Waals surface area contributed by atoms with Crippen LogP contribution in [0.4, 0.5) is 0 Å². The molecule has 1 aromatic carbocycles.